The predicted octanol–water partition coefficient (Wildman–Crippen LogP) is 4.33. The van der Waals surface area contributed by atoms with Crippen LogP contribution >= 0.6 is 0 Å². The Morgan fingerprint density at radius 3 is 2.30 bits per heavy atom. The Hall–Kier alpha value is -3.66. The summed E-state index contributed by atoms with van der Waals surface area (Å²) in [4.78, 5) is 26.1. The van der Waals surface area contributed by atoms with Crippen molar-refractivity contribution in [1.82, 2.24) is 9.88 Å². The molecule has 0 aliphatic carbocycles. The molecule has 30 heavy (non-hydrogen) atoms. The fourth-order valence-corrected chi connectivity index (χ4v) is 3.82. The van der Waals surface area contributed by atoms with Gasteiger partial charge in [-0.3, -0.25) is 9.59 Å². The highest BCUT2D eigenvalue weighted by molar-refractivity contribution is 5.99. The Labute approximate surface area is 176 Å². The maximum Gasteiger partial charge on any atom is 0.251 e. The fraction of sp³-hybridized carbons (Fsp3) is 0.154. The van der Waals surface area contributed by atoms with E-state index in [-0.39, 0.29) is 18.1 Å². The van der Waals surface area contributed by atoms with Crippen molar-refractivity contribution in [3.8, 4) is 0 Å². The van der Waals surface area contributed by atoms with Gasteiger partial charge in [0.1, 0.15) is 0 Å². The first-order chi connectivity index (χ1) is 14.6. The Morgan fingerprint density at radius 1 is 0.867 bits per heavy atom. The second kappa shape index (κ2) is 8.78. The summed E-state index contributed by atoms with van der Waals surface area (Å²) in [7, 11) is 1.98. The lowest BCUT2D eigenvalue weighted by atomic mass is 9.96. The molecule has 0 radical (unpaired) electrons. The SMILES string of the molecule is Cn1ccc2cccc(CC(=O)C(Cc3ccccc3)NC(=O)c3ccccc3)c21. The van der Waals surface area contributed by atoms with Gasteiger partial charge in [-0.1, -0.05) is 66.7 Å². The molecule has 4 rings (SSSR count). The van der Waals surface area contributed by atoms with Crippen LogP contribution in [-0.4, -0.2) is 22.3 Å². The number of nitrogens with one attached hydrogen (secondary N) is 1. The summed E-state index contributed by atoms with van der Waals surface area (Å²) in [6.07, 6.45) is 2.72. The van der Waals surface area contributed by atoms with Gasteiger partial charge in [-0.25, -0.2) is 0 Å². The molecule has 1 heterocycles. The third kappa shape index (κ3) is 4.33. The van der Waals surface area contributed by atoms with Gasteiger partial charge in [0.25, 0.3) is 5.91 Å². The number of hydrogen-bond acceptors (Lipinski definition) is 2. The van der Waals surface area contributed by atoms with Crippen LogP contribution in [0.3, 0.4) is 0 Å². The highest BCUT2D eigenvalue weighted by Gasteiger charge is 2.23. The lowest BCUT2D eigenvalue weighted by Gasteiger charge is -2.19. The first-order valence-electron chi connectivity index (χ1n) is 10.1. The molecular weight excluding hydrogens is 372 g/mol. The summed E-state index contributed by atoms with van der Waals surface area (Å²) >= 11 is 0. The molecule has 1 aromatic heterocycles. The van der Waals surface area contributed by atoms with E-state index in [9.17, 15) is 9.59 Å². The molecule has 1 unspecified atom stereocenters. The molecule has 0 saturated heterocycles. The van der Waals surface area contributed by atoms with Crippen LogP contribution in [0, 0.1) is 0 Å². The van der Waals surface area contributed by atoms with Crippen molar-refractivity contribution in [2.24, 2.45) is 7.05 Å². The van der Waals surface area contributed by atoms with Crippen LogP contribution in [0.25, 0.3) is 10.9 Å². The molecule has 1 amide bonds. The zero-order chi connectivity index (χ0) is 20.9. The summed E-state index contributed by atoms with van der Waals surface area (Å²) in [6, 6.07) is 26.2. The molecule has 0 spiro atoms. The third-order valence-electron chi connectivity index (χ3n) is 5.36. The number of hydrogen-bond donors (Lipinski definition) is 1. The first-order valence-corrected chi connectivity index (χ1v) is 10.1. The maximum absolute atomic E-state index is 13.3. The number of ketones is 1. The van der Waals surface area contributed by atoms with E-state index in [1.807, 2.05) is 90.6 Å². The van der Waals surface area contributed by atoms with Crippen LogP contribution in [0.4, 0.5) is 0 Å². The van der Waals surface area contributed by atoms with E-state index >= 15 is 0 Å². The van der Waals surface area contributed by atoms with Gasteiger partial charge >= 0.3 is 0 Å². The predicted molar refractivity (Wildman–Crippen MR) is 119 cm³/mol. The number of nitrogens with zero attached hydrogens (tertiary/aromatic N) is 1. The van der Waals surface area contributed by atoms with Gasteiger partial charge in [-0.15, -0.1) is 0 Å². The number of amides is 1. The monoisotopic (exact) mass is 396 g/mol. The number of aromatic nitrogens is 1. The van der Waals surface area contributed by atoms with E-state index in [1.165, 1.54) is 0 Å². The first kappa shape index (κ1) is 19.6. The normalized spacial score (nSPS) is 11.9. The molecular formula is C26H24N2O2. The minimum Gasteiger partial charge on any atom is -0.350 e. The lowest BCUT2D eigenvalue weighted by molar-refractivity contribution is -0.120. The lowest BCUT2D eigenvalue weighted by Crippen LogP contribution is -2.43. The molecule has 4 heteroatoms. The van der Waals surface area contributed by atoms with Gasteiger partial charge in [-0.05, 0) is 41.1 Å². The minimum absolute atomic E-state index is 0.00293. The van der Waals surface area contributed by atoms with Crippen molar-refractivity contribution < 1.29 is 9.59 Å². The Balaban J connectivity index is 1.60. The quantitative estimate of drug-likeness (QED) is 0.505. The second-order valence-corrected chi connectivity index (χ2v) is 7.51. The van der Waals surface area contributed by atoms with Crippen LogP contribution < -0.4 is 5.32 Å². The van der Waals surface area contributed by atoms with Gasteiger partial charge in [-0.2, -0.15) is 0 Å². The minimum atomic E-state index is -0.601. The molecule has 150 valence electrons. The molecule has 0 fully saturated rings. The van der Waals surface area contributed by atoms with Crippen LogP contribution in [0.15, 0.2) is 91.1 Å². The zero-order valence-corrected chi connectivity index (χ0v) is 16.9. The highest BCUT2D eigenvalue weighted by atomic mass is 16.2. The Morgan fingerprint density at radius 2 is 1.57 bits per heavy atom. The van der Waals surface area contributed by atoms with Crippen molar-refractivity contribution in [2.75, 3.05) is 0 Å². The molecule has 1 atom stereocenters. The number of carbonyl (C=O) groups is 2. The summed E-state index contributed by atoms with van der Waals surface area (Å²) < 4.78 is 2.03. The molecule has 0 saturated carbocycles. The molecule has 3 aromatic carbocycles. The van der Waals surface area contributed by atoms with Crippen molar-refractivity contribution in [3.05, 3.63) is 108 Å². The second-order valence-electron chi connectivity index (χ2n) is 7.51. The van der Waals surface area contributed by atoms with Gasteiger partial charge in [0.2, 0.25) is 0 Å². The van der Waals surface area contributed by atoms with Crippen molar-refractivity contribution >= 4 is 22.6 Å². The van der Waals surface area contributed by atoms with E-state index in [0.29, 0.717) is 12.0 Å². The Bertz CT molecular complexity index is 1160. The average molecular weight is 396 g/mol. The van der Waals surface area contributed by atoms with E-state index in [4.69, 9.17) is 0 Å². The molecule has 4 nitrogen and oxygen atoms in total. The number of aryl methyl sites for hydroxylation is 1. The number of carbonyl (C=O) groups excluding carboxylic acids is 2. The van der Waals surface area contributed by atoms with E-state index < -0.39 is 6.04 Å². The number of rotatable bonds is 7. The molecule has 0 aliphatic rings. The molecule has 1 N–H and O–H groups in total. The van der Waals surface area contributed by atoms with Gasteiger partial charge in [0, 0.05) is 25.2 Å². The van der Waals surface area contributed by atoms with Crippen molar-refractivity contribution in [1.29, 1.82) is 0 Å². The molecule has 4 aromatic rings. The van der Waals surface area contributed by atoms with Crippen LogP contribution in [0.1, 0.15) is 21.5 Å². The number of Topliss-reactive ketones (excluding diaryl/α,β-unsaturated/α-hetero) is 1. The molecule has 0 bridgehead atoms. The number of benzene rings is 3. The van der Waals surface area contributed by atoms with Gasteiger partial charge < -0.3 is 9.88 Å². The number of para-hydroxylation sites is 1. The smallest absolute Gasteiger partial charge is 0.251 e. The topological polar surface area (TPSA) is 51.1 Å². The molecule has 0 aliphatic heterocycles. The van der Waals surface area contributed by atoms with Crippen molar-refractivity contribution in [3.63, 3.8) is 0 Å². The van der Waals surface area contributed by atoms with Crippen molar-refractivity contribution in [2.45, 2.75) is 18.9 Å². The summed E-state index contributed by atoms with van der Waals surface area (Å²) in [5.41, 5.74) is 3.59. The van der Waals surface area contributed by atoms with Gasteiger partial charge in [0.05, 0.1) is 11.6 Å². The van der Waals surface area contributed by atoms with Crippen LogP contribution in [0.2, 0.25) is 0 Å². The summed E-state index contributed by atoms with van der Waals surface area (Å²) in [6.45, 7) is 0. The van der Waals surface area contributed by atoms with E-state index in [1.54, 1.807) is 12.1 Å². The fourth-order valence-electron chi connectivity index (χ4n) is 3.82. The van der Waals surface area contributed by atoms with Crippen LogP contribution in [0.5, 0.6) is 0 Å². The van der Waals surface area contributed by atoms with E-state index in [2.05, 4.69) is 5.32 Å². The number of fused-ring (bicyclic) bond motifs is 1. The Kier molecular flexibility index (Phi) is 5.75. The van der Waals surface area contributed by atoms with E-state index in [0.717, 1.165) is 22.0 Å². The summed E-state index contributed by atoms with van der Waals surface area (Å²) in [5, 5.41) is 4.07. The highest BCUT2D eigenvalue weighted by Crippen LogP contribution is 2.21. The largest absolute Gasteiger partial charge is 0.350 e. The standard InChI is InChI=1S/C26H24N2O2/c1-28-16-15-20-13-8-14-22(25(20)28)18-24(29)23(17-19-9-4-2-5-10-19)27-26(30)21-11-6-3-7-12-21/h2-16,23H,17-18H2,1H3,(H,27,30). The maximum atomic E-state index is 13.3. The van der Waals surface area contributed by atoms with Crippen LogP contribution in [-0.2, 0) is 24.7 Å². The zero-order valence-electron chi connectivity index (χ0n) is 16.9. The van der Waals surface area contributed by atoms with Gasteiger partial charge in [0.15, 0.2) is 5.78 Å². The summed E-state index contributed by atoms with van der Waals surface area (Å²) in [5.74, 6) is -0.237. The third-order valence-corrected chi connectivity index (χ3v) is 5.36. The average Bonchev–Trinajstić information content (AvgIpc) is 3.16.